The molecule has 3 rings (SSSR count). The highest BCUT2D eigenvalue weighted by molar-refractivity contribution is 6.20. The van der Waals surface area contributed by atoms with Crippen LogP contribution in [-0.4, -0.2) is 24.3 Å². The molecule has 128 valence electrons. The zero-order valence-corrected chi connectivity index (χ0v) is 13.9. The lowest BCUT2D eigenvalue weighted by molar-refractivity contribution is -0.122. The van der Waals surface area contributed by atoms with E-state index in [4.69, 9.17) is 5.73 Å². The molecule has 1 heterocycles. The molecule has 0 unspecified atom stereocenters. The molecule has 1 aromatic carbocycles. The number of carbonyl (C=O) groups excluding carboxylic acids is 3. The van der Waals surface area contributed by atoms with Gasteiger partial charge in [-0.1, -0.05) is 6.42 Å². The molecule has 1 aliphatic heterocycles. The van der Waals surface area contributed by atoms with Crippen LogP contribution in [-0.2, 0) is 14.4 Å². The van der Waals surface area contributed by atoms with E-state index in [1.807, 2.05) is 6.92 Å². The van der Waals surface area contributed by atoms with Crippen molar-refractivity contribution in [2.45, 2.75) is 39.0 Å². The molecule has 1 saturated carbocycles. The van der Waals surface area contributed by atoms with E-state index in [0.29, 0.717) is 17.9 Å². The van der Waals surface area contributed by atoms with Gasteiger partial charge in [0.2, 0.25) is 17.7 Å². The first kappa shape index (κ1) is 16.6. The van der Waals surface area contributed by atoms with Crippen LogP contribution in [0.3, 0.4) is 0 Å². The zero-order valence-electron chi connectivity index (χ0n) is 13.9. The third-order valence-electron chi connectivity index (χ3n) is 5.06. The Morgan fingerprint density at radius 2 is 1.96 bits per heavy atom. The van der Waals surface area contributed by atoms with E-state index in [1.165, 1.54) is 4.90 Å². The third kappa shape index (κ3) is 3.06. The topological polar surface area (TPSA) is 92.5 Å². The maximum Gasteiger partial charge on any atom is 0.234 e. The predicted octanol–water partition coefficient (Wildman–Crippen LogP) is 1.96. The number of imide groups is 1. The molecule has 3 N–H and O–H groups in total. The van der Waals surface area contributed by atoms with Crippen LogP contribution in [0.1, 0.15) is 37.7 Å². The number of amides is 3. The summed E-state index contributed by atoms with van der Waals surface area (Å²) in [6.07, 6.45) is 3.45. The molecule has 2 atom stereocenters. The second-order valence-electron chi connectivity index (χ2n) is 6.65. The van der Waals surface area contributed by atoms with Crippen LogP contribution in [0, 0.1) is 18.8 Å². The Labute approximate surface area is 141 Å². The molecule has 0 radical (unpaired) electrons. The van der Waals surface area contributed by atoms with Crippen molar-refractivity contribution in [2.75, 3.05) is 16.8 Å². The molecular formula is C18H23N3O3. The van der Waals surface area contributed by atoms with E-state index in [9.17, 15) is 14.4 Å². The van der Waals surface area contributed by atoms with Crippen molar-refractivity contribution in [3.63, 3.8) is 0 Å². The maximum atomic E-state index is 12.5. The fraction of sp³-hybridized carbons (Fsp3) is 0.500. The molecule has 0 aromatic heterocycles. The van der Waals surface area contributed by atoms with Crippen molar-refractivity contribution in [1.29, 1.82) is 0 Å². The number of rotatable bonds is 4. The number of nitrogens with one attached hydrogen (secondary N) is 1. The normalized spacial score (nSPS) is 23.8. The van der Waals surface area contributed by atoms with Crippen LogP contribution >= 0.6 is 0 Å². The number of anilines is 2. The van der Waals surface area contributed by atoms with Crippen LogP contribution in [0.2, 0.25) is 0 Å². The highest BCUT2D eigenvalue weighted by Gasteiger charge is 2.33. The van der Waals surface area contributed by atoms with Gasteiger partial charge in [-0.3, -0.25) is 19.3 Å². The average Bonchev–Trinajstić information content (AvgIpc) is 3.15. The summed E-state index contributed by atoms with van der Waals surface area (Å²) in [6.45, 7) is 2.37. The molecule has 2 fully saturated rings. The molecular weight excluding hydrogens is 306 g/mol. The minimum Gasteiger partial charge on any atom is -0.330 e. The SMILES string of the molecule is Cc1cc(NC(=O)[C@@H]2CCC[C@@H]2CN)ccc1N1C(=O)CCC1=O. The molecule has 6 nitrogen and oxygen atoms in total. The molecule has 1 aromatic rings. The molecule has 2 aliphatic rings. The van der Waals surface area contributed by atoms with Crippen molar-refractivity contribution >= 4 is 29.1 Å². The highest BCUT2D eigenvalue weighted by atomic mass is 16.2. The number of aryl methyl sites for hydroxylation is 1. The number of nitrogens with two attached hydrogens (primary N) is 1. The number of carbonyl (C=O) groups is 3. The Kier molecular flexibility index (Phi) is 4.66. The highest BCUT2D eigenvalue weighted by Crippen LogP contribution is 2.33. The minimum atomic E-state index is -0.170. The fourth-order valence-electron chi connectivity index (χ4n) is 3.73. The van der Waals surface area contributed by atoms with Gasteiger partial charge in [0.1, 0.15) is 0 Å². The summed E-state index contributed by atoms with van der Waals surface area (Å²) in [5.74, 6) is -0.112. The zero-order chi connectivity index (χ0) is 17.3. The molecule has 0 bridgehead atoms. The first-order chi connectivity index (χ1) is 11.5. The Morgan fingerprint density at radius 1 is 1.25 bits per heavy atom. The van der Waals surface area contributed by atoms with Gasteiger partial charge in [0.15, 0.2) is 0 Å². The standard InChI is InChI=1S/C18H23N3O3/c1-11-9-13(20-18(24)14-4-2-3-12(14)10-19)5-6-15(11)21-16(22)7-8-17(21)23/h5-6,9,12,14H,2-4,7-8,10,19H2,1H3,(H,20,24)/t12-,14-/m1/s1. The largest absolute Gasteiger partial charge is 0.330 e. The van der Waals surface area contributed by atoms with Gasteiger partial charge in [-0.25, -0.2) is 0 Å². The molecule has 6 heteroatoms. The van der Waals surface area contributed by atoms with Crippen LogP contribution in [0.4, 0.5) is 11.4 Å². The lowest BCUT2D eigenvalue weighted by Gasteiger charge is -2.20. The number of hydrogen-bond donors (Lipinski definition) is 2. The first-order valence-corrected chi connectivity index (χ1v) is 8.48. The summed E-state index contributed by atoms with van der Waals surface area (Å²) in [6, 6.07) is 5.27. The summed E-state index contributed by atoms with van der Waals surface area (Å²) in [4.78, 5) is 37.4. The summed E-state index contributed by atoms with van der Waals surface area (Å²) >= 11 is 0. The molecule has 1 saturated heterocycles. The number of hydrogen-bond acceptors (Lipinski definition) is 4. The Hall–Kier alpha value is -2.21. The van der Waals surface area contributed by atoms with Crippen LogP contribution in [0.25, 0.3) is 0 Å². The summed E-state index contributed by atoms with van der Waals surface area (Å²) in [5.41, 5.74) is 7.82. The number of nitrogens with zero attached hydrogens (tertiary/aromatic N) is 1. The fourth-order valence-corrected chi connectivity index (χ4v) is 3.73. The van der Waals surface area contributed by atoms with Gasteiger partial charge >= 0.3 is 0 Å². The molecule has 3 amide bonds. The van der Waals surface area contributed by atoms with Crippen LogP contribution in [0.5, 0.6) is 0 Å². The second kappa shape index (κ2) is 6.73. The first-order valence-electron chi connectivity index (χ1n) is 8.48. The predicted molar refractivity (Wildman–Crippen MR) is 91.4 cm³/mol. The summed E-state index contributed by atoms with van der Waals surface area (Å²) in [7, 11) is 0. The van der Waals surface area contributed by atoms with Crippen molar-refractivity contribution < 1.29 is 14.4 Å². The third-order valence-corrected chi connectivity index (χ3v) is 5.06. The monoisotopic (exact) mass is 329 g/mol. The average molecular weight is 329 g/mol. The summed E-state index contributed by atoms with van der Waals surface area (Å²) in [5, 5.41) is 2.95. The molecule has 24 heavy (non-hydrogen) atoms. The summed E-state index contributed by atoms with van der Waals surface area (Å²) < 4.78 is 0. The Bertz CT molecular complexity index is 670. The van der Waals surface area contributed by atoms with Gasteiger partial charge in [0.25, 0.3) is 0 Å². The van der Waals surface area contributed by atoms with Gasteiger partial charge < -0.3 is 11.1 Å². The van der Waals surface area contributed by atoms with Crippen molar-refractivity contribution in [1.82, 2.24) is 0 Å². The van der Waals surface area contributed by atoms with E-state index in [1.54, 1.807) is 18.2 Å². The van der Waals surface area contributed by atoms with E-state index < -0.39 is 0 Å². The van der Waals surface area contributed by atoms with E-state index in [2.05, 4.69) is 5.32 Å². The Balaban J connectivity index is 1.74. The van der Waals surface area contributed by atoms with E-state index in [0.717, 1.165) is 24.8 Å². The van der Waals surface area contributed by atoms with Gasteiger partial charge in [-0.05, 0) is 56.0 Å². The molecule has 1 aliphatic carbocycles. The molecule has 0 spiro atoms. The van der Waals surface area contributed by atoms with E-state index >= 15 is 0 Å². The maximum absolute atomic E-state index is 12.5. The van der Waals surface area contributed by atoms with E-state index in [-0.39, 0.29) is 42.4 Å². The van der Waals surface area contributed by atoms with Gasteiger partial charge in [0.05, 0.1) is 5.69 Å². The lowest BCUT2D eigenvalue weighted by Crippen LogP contribution is -2.30. The quantitative estimate of drug-likeness (QED) is 0.826. The van der Waals surface area contributed by atoms with Crippen LogP contribution < -0.4 is 16.0 Å². The number of benzene rings is 1. The van der Waals surface area contributed by atoms with Gasteiger partial charge in [0, 0.05) is 24.4 Å². The van der Waals surface area contributed by atoms with Gasteiger partial charge in [-0.15, -0.1) is 0 Å². The smallest absolute Gasteiger partial charge is 0.234 e. The Morgan fingerprint density at radius 3 is 2.58 bits per heavy atom. The van der Waals surface area contributed by atoms with Crippen molar-refractivity contribution in [2.24, 2.45) is 17.6 Å². The lowest BCUT2D eigenvalue weighted by atomic mass is 9.95. The van der Waals surface area contributed by atoms with Gasteiger partial charge in [-0.2, -0.15) is 0 Å². The minimum absolute atomic E-state index is 0.00317. The van der Waals surface area contributed by atoms with Crippen molar-refractivity contribution in [3.05, 3.63) is 23.8 Å². The van der Waals surface area contributed by atoms with Crippen LogP contribution in [0.15, 0.2) is 18.2 Å². The van der Waals surface area contributed by atoms with Crippen molar-refractivity contribution in [3.8, 4) is 0 Å². The second-order valence-corrected chi connectivity index (χ2v) is 6.65.